The van der Waals surface area contributed by atoms with Crippen molar-refractivity contribution in [3.8, 4) is 5.75 Å². The Morgan fingerprint density at radius 3 is 2.89 bits per heavy atom. The summed E-state index contributed by atoms with van der Waals surface area (Å²) in [6.45, 7) is 1.22. The molecule has 7 nitrogen and oxygen atoms in total. The minimum atomic E-state index is -0.551. The lowest BCUT2D eigenvalue weighted by molar-refractivity contribution is -0.122. The first-order valence-corrected chi connectivity index (χ1v) is 9.07. The Morgan fingerprint density at radius 2 is 2.19 bits per heavy atom. The van der Waals surface area contributed by atoms with Crippen molar-refractivity contribution >= 4 is 23.4 Å². The third kappa shape index (κ3) is 4.95. The largest absolute Gasteiger partial charge is 0.493 e. The molecule has 1 fully saturated rings. The van der Waals surface area contributed by atoms with Crippen molar-refractivity contribution in [2.45, 2.75) is 19.3 Å². The number of primary amides is 1. The fourth-order valence-corrected chi connectivity index (χ4v) is 3.61. The standard InChI is InChI=1S/C19H21ClN4O3/c20-14-3-1-4-15(9-14)27-13-19(10-17(21)25)5-2-8-24(12-19)18(26)16-11-22-6-7-23-16/h1,3-4,6-7,9,11H,2,5,8,10,12-13H2,(H2,21,25)/t19-/m0/s1. The van der Waals surface area contributed by atoms with E-state index in [2.05, 4.69) is 9.97 Å². The number of hydrogen-bond acceptors (Lipinski definition) is 5. The quantitative estimate of drug-likeness (QED) is 0.818. The van der Waals surface area contributed by atoms with Gasteiger partial charge in [-0.2, -0.15) is 0 Å². The molecular weight excluding hydrogens is 368 g/mol. The van der Waals surface area contributed by atoms with Gasteiger partial charge in [0.2, 0.25) is 5.91 Å². The summed E-state index contributed by atoms with van der Waals surface area (Å²) in [6, 6.07) is 7.07. The summed E-state index contributed by atoms with van der Waals surface area (Å²) < 4.78 is 5.91. The predicted molar refractivity (Wildman–Crippen MR) is 100 cm³/mol. The van der Waals surface area contributed by atoms with E-state index in [1.807, 2.05) is 0 Å². The van der Waals surface area contributed by atoms with Crippen LogP contribution in [0.2, 0.25) is 5.02 Å². The van der Waals surface area contributed by atoms with Crippen LogP contribution in [-0.4, -0.2) is 46.4 Å². The van der Waals surface area contributed by atoms with Gasteiger partial charge < -0.3 is 15.4 Å². The number of rotatable bonds is 6. The second kappa shape index (κ2) is 8.35. The highest BCUT2D eigenvalue weighted by Crippen LogP contribution is 2.35. The molecule has 0 spiro atoms. The number of halogens is 1. The van der Waals surface area contributed by atoms with Crippen LogP contribution < -0.4 is 10.5 Å². The molecule has 0 saturated carbocycles. The van der Waals surface area contributed by atoms with Crippen LogP contribution in [0.3, 0.4) is 0 Å². The van der Waals surface area contributed by atoms with Crippen molar-refractivity contribution in [2.24, 2.45) is 11.1 Å². The lowest BCUT2D eigenvalue weighted by Crippen LogP contribution is -2.50. The fourth-order valence-electron chi connectivity index (χ4n) is 3.43. The number of ether oxygens (including phenoxy) is 1. The average Bonchev–Trinajstić information content (AvgIpc) is 2.66. The molecule has 8 heteroatoms. The van der Waals surface area contributed by atoms with Gasteiger partial charge in [-0.15, -0.1) is 0 Å². The second-order valence-electron chi connectivity index (χ2n) is 6.81. The van der Waals surface area contributed by atoms with Gasteiger partial charge in [-0.25, -0.2) is 4.98 Å². The predicted octanol–water partition coefficient (Wildman–Crippen LogP) is 2.31. The van der Waals surface area contributed by atoms with Crippen LogP contribution in [0.15, 0.2) is 42.9 Å². The monoisotopic (exact) mass is 388 g/mol. The third-order valence-electron chi connectivity index (χ3n) is 4.62. The van der Waals surface area contributed by atoms with Crippen molar-refractivity contribution in [3.05, 3.63) is 53.6 Å². The first kappa shape index (κ1) is 19.1. The number of hydrogen-bond donors (Lipinski definition) is 1. The van der Waals surface area contributed by atoms with Crippen molar-refractivity contribution in [2.75, 3.05) is 19.7 Å². The van der Waals surface area contributed by atoms with Gasteiger partial charge >= 0.3 is 0 Å². The first-order chi connectivity index (χ1) is 13.0. The molecule has 27 heavy (non-hydrogen) atoms. The minimum Gasteiger partial charge on any atom is -0.493 e. The zero-order chi connectivity index (χ0) is 19.3. The average molecular weight is 389 g/mol. The lowest BCUT2D eigenvalue weighted by atomic mass is 9.77. The fraction of sp³-hybridized carbons (Fsp3) is 0.368. The van der Waals surface area contributed by atoms with Gasteiger partial charge in [0.05, 0.1) is 12.8 Å². The highest BCUT2D eigenvalue weighted by Gasteiger charge is 2.40. The van der Waals surface area contributed by atoms with Crippen LogP contribution in [0.1, 0.15) is 29.8 Å². The highest BCUT2D eigenvalue weighted by molar-refractivity contribution is 6.30. The number of carbonyl (C=O) groups excluding carboxylic acids is 2. The summed E-state index contributed by atoms with van der Waals surface area (Å²) in [5, 5.41) is 0.569. The molecule has 2 aromatic rings. The smallest absolute Gasteiger partial charge is 0.274 e. The number of likely N-dealkylation sites (tertiary alicyclic amines) is 1. The lowest BCUT2D eigenvalue weighted by Gasteiger charge is -2.42. The SMILES string of the molecule is NC(=O)C[C@@]1(COc2cccc(Cl)c2)CCCN(C(=O)c2cnccn2)C1. The van der Waals surface area contributed by atoms with Crippen LogP contribution >= 0.6 is 11.6 Å². The molecule has 2 N–H and O–H groups in total. The van der Waals surface area contributed by atoms with Crippen molar-refractivity contribution in [1.29, 1.82) is 0 Å². The number of nitrogens with zero attached hydrogens (tertiary/aromatic N) is 3. The van der Waals surface area contributed by atoms with E-state index in [-0.39, 0.29) is 24.6 Å². The van der Waals surface area contributed by atoms with Gasteiger partial charge in [-0.3, -0.25) is 14.6 Å². The summed E-state index contributed by atoms with van der Waals surface area (Å²) in [5.74, 6) is -0.0124. The number of carbonyl (C=O) groups is 2. The van der Waals surface area contributed by atoms with Crippen LogP contribution in [0, 0.1) is 5.41 Å². The Morgan fingerprint density at radius 1 is 1.33 bits per heavy atom. The number of piperidine rings is 1. The van der Waals surface area contributed by atoms with E-state index < -0.39 is 11.3 Å². The van der Waals surface area contributed by atoms with Gasteiger partial charge in [0.25, 0.3) is 5.91 Å². The zero-order valence-corrected chi connectivity index (χ0v) is 15.6. The zero-order valence-electron chi connectivity index (χ0n) is 14.8. The molecule has 142 valence electrons. The molecule has 1 aliphatic rings. The molecule has 1 aromatic heterocycles. The normalized spacial score (nSPS) is 19.5. The number of amides is 2. The van der Waals surface area contributed by atoms with Gasteiger partial charge in [0.15, 0.2) is 0 Å². The molecule has 1 aliphatic heterocycles. The molecule has 0 bridgehead atoms. The molecular formula is C19H21ClN4O3. The van der Waals surface area contributed by atoms with E-state index in [0.29, 0.717) is 23.9 Å². The van der Waals surface area contributed by atoms with E-state index in [0.717, 1.165) is 12.8 Å². The molecule has 1 saturated heterocycles. The molecule has 3 rings (SSSR count). The molecule has 0 unspecified atom stereocenters. The van der Waals surface area contributed by atoms with Gasteiger partial charge in [0.1, 0.15) is 11.4 Å². The van der Waals surface area contributed by atoms with Crippen molar-refractivity contribution in [1.82, 2.24) is 14.9 Å². The van der Waals surface area contributed by atoms with E-state index in [1.54, 1.807) is 29.2 Å². The molecule has 2 heterocycles. The summed E-state index contributed by atoms with van der Waals surface area (Å²) >= 11 is 6.00. The van der Waals surface area contributed by atoms with Gasteiger partial charge in [-0.1, -0.05) is 17.7 Å². The van der Waals surface area contributed by atoms with E-state index >= 15 is 0 Å². The number of nitrogens with two attached hydrogens (primary N) is 1. The number of aromatic nitrogens is 2. The topological polar surface area (TPSA) is 98.4 Å². The highest BCUT2D eigenvalue weighted by atomic mass is 35.5. The minimum absolute atomic E-state index is 0.137. The van der Waals surface area contributed by atoms with Crippen LogP contribution in [0.4, 0.5) is 0 Å². The van der Waals surface area contributed by atoms with E-state index in [1.165, 1.54) is 18.6 Å². The third-order valence-corrected chi connectivity index (χ3v) is 4.86. The van der Waals surface area contributed by atoms with Gasteiger partial charge in [-0.05, 0) is 31.0 Å². The Hall–Kier alpha value is -2.67. The Kier molecular flexibility index (Phi) is 5.91. The van der Waals surface area contributed by atoms with E-state index in [9.17, 15) is 9.59 Å². The summed E-state index contributed by atoms with van der Waals surface area (Å²) in [6.07, 6.45) is 6.06. The van der Waals surface area contributed by atoms with Crippen LogP contribution in [0.5, 0.6) is 5.75 Å². The van der Waals surface area contributed by atoms with E-state index in [4.69, 9.17) is 22.1 Å². The maximum Gasteiger partial charge on any atom is 0.274 e. The molecule has 1 aromatic carbocycles. The maximum atomic E-state index is 12.7. The molecule has 2 amide bonds. The second-order valence-corrected chi connectivity index (χ2v) is 7.25. The van der Waals surface area contributed by atoms with Gasteiger partial charge in [0, 0.05) is 42.3 Å². The molecule has 1 atom stereocenters. The molecule has 0 radical (unpaired) electrons. The van der Waals surface area contributed by atoms with Crippen molar-refractivity contribution in [3.63, 3.8) is 0 Å². The summed E-state index contributed by atoms with van der Waals surface area (Å²) in [7, 11) is 0. The molecule has 0 aliphatic carbocycles. The Balaban J connectivity index is 1.76. The number of benzene rings is 1. The summed E-state index contributed by atoms with van der Waals surface area (Å²) in [4.78, 5) is 34.2. The Labute approximate surface area is 162 Å². The first-order valence-electron chi connectivity index (χ1n) is 8.69. The summed E-state index contributed by atoms with van der Waals surface area (Å²) in [5.41, 5.74) is 5.22. The van der Waals surface area contributed by atoms with Crippen LogP contribution in [-0.2, 0) is 4.79 Å². The van der Waals surface area contributed by atoms with Crippen LogP contribution in [0.25, 0.3) is 0 Å². The Bertz CT molecular complexity index is 818. The maximum absolute atomic E-state index is 12.7. The van der Waals surface area contributed by atoms with Crippen molar-refractivity contribution < 1.29 is 14.3 Å².